The quantitative estimate of drug-likeness (QED) is 0.525. The van der Waals surface area contributed by atoms with Crippen LogP contribution in [0.5, 0.6) is 0 Å². The zero-order valence-electron chi connectivity index (χ0n) is 14.8. The van der Waals surface area contributed by atoms with E-state index in [-0.39, 0.29) is 47.4 Å². The van der Waals surface area contributed by atoms with Gasteiger partial charge in [-0.1, -0.05) is 0 Å². The van der Waals surface area contributed by atoms with Crippen LogP contribution in [0.25, 0.3) is 0 Å². The summed E-state index contributed by atoms with van der Waals surface area (Å²) in [4.78, 5) is 61.2. The van der Waals surface area contributed by atoms with E-state index in [1.807, 2.05) is 0 Å². The monoisotopic (exact) mass is 387 g/mol. The van der Waals surface area contributed by atoms with Crippen molar-refractivity contribution >= 4 is 36.0 Å². The minimum atomic E-state index is -1.27. The van der Waals surface area contributed by atoms with Crippen LogP contribution in [0.15, 0.2) is 12.1 Å². The van der Waals surface area contributed by atoms with E-state index >= 15 is 0 Å². The van der Waals surface area contributed by atoms with Crippen LogP contribution in [-0.2, 0) is 14.4 Å². The number of carbonyl (C=O) groups excluding carboxylic acids is 5. The number of anilines is 1. The van der Waals surface area contributed by atoms with Crippen molar-refractivity contribution < 1.29 is 28.4 Å². The largest absolute Gasteiger partial charge is 0.369 e. The summed E-state index contributed by atoms with van der Waals surface area (Å²) in [5.41, 5.74) is 5.39. The van der Waals surface area contributed by atoms with Crippen molar-refractivity contribution in [2.24, 2.45) is 23.5 Å². The average molecular weight is 387 g/mol. The van der Waals surface area contributed by atoms with Crippen LogP contribution < -0.4 is 10.6 Å². The highest BCUT2D eigenvalue weighted by molar-refractivity contribution is 6.23. The summed E-state index contributed by atoms with van der Waals surface area (Å²) in [6, 6.07) is 1.06. The topological polar surface area (TPSA) is 118 Å². The van der Waals surface area contributed by atoms with Gasteiger partial charge in [0, 0.05) is 25.4 Å². The zero-order chi connectivity index (χ0) is 20.2. The Bertz CT molecular complexity index is 905. The normalized spacial score (nSPS) is 26.1. The summed E-state index contributed by atoms with van der Waals surface area (Å²) >= 11 is 0. The number of fused-ring (bicyclic) bond motifs is 2. The smallest absolute Gasteiger partial charge is 0.262 e. The lowest BCUT2D eigenvalue weighted by atomic mass is 10.1. The molecule has 0 aromatic heterocycles. The number of hydrogen-bond donors (Lipinski definition) is 1. The molecule has 1 aliphatic carbocycles. The predicted octanol–water partition coefficient (Wildman–Crippen LogP) is 0.136. The van der Waals surface area contributed by atoms with Crippen molar-refractivity contribution in [1.29, 1.82) is 0 Å². The summed E-state index contributed by atoms with van der Waals surface area (Å²) in [6.45, 7) is 1.03. The highest BCUT2D eigenvalue weighted by Crippen LogP contribution is 2.51. The number of rotatable bonds is 7. The van der Waals surface area contributed by atoms with E-state index in [0.29, 0.717) is 24.3 Å². The van der Waals surface area contributed by atoms with E-state index in [1.165, 1.54) is 6.07 Å². The third kappa shape index (κ3) is 2.61. The second-order valence-corrected chi connectivity index (χ2v) is 7.44. The summed E-state index contributed by atoms with van der Waals surface area (Å²) < 4.78 is 14.7. The van der Waals surface area contributed by atoms with Gasteiger partial charge < -0.3 is 20.2 Å². The van der Waals surface area contributed by atoms with Crippen LogP contribution in [-0.4, -0.2) is 54.3 Å². The minimum Gasteiger partial charge on any atom is -0.369 e. The van der Waals surface area contributed by atoms with Gasteiger partial charge in [-0.2, -0.15) is 0 Å². The van der Waals surface area contributed by atoms with Crippen LogP contribution in [0.2, 0.25) is 0 Å². The van der Waals surface area contributed by atoms with Gasteiger partial charge in [0.2, 0.25) is 5.91 Å². The molecule has 28 heavy (non-hydrogen) atoms. The van der Waals surface area contributed by atoms with Crippen LogP contribution in [0.1, 0.15) is 33.6 Å². The summed E-state index contributed by atoms with van der Waals surface area (Å²) in [7, 11) is 0. The van der Waals surface area contributed by atoms with Gasteiger partial charge in [0.15, 0.2) is 0 Å². The first-order chi connectivity index (χ1) is 13.4. The predicted molar refractivity (Wildman–Crippen MR) is 93.9 cm³/mol. The Labute approximate surface area is 159 Å². The molecular formula is C19H18FN3O5. The van der Waals surface area contributed by atoms with Crippen LogP contribution in [0.4, 0.5) is 10.1 Å². The number of nitrogens with zero attached hydrogens (tertiary/aromatic N) is 2. The molecule has 9 heteroatoms. The van der Waals surface area contributed by atoms with Crippen LogP contribution in [0, 0.1) is 23.6 Å². The minimum absolute atomic E-state index is 0.00580. The fourth-order valence-corrected chi connectivity index (χ4v) is 4.39. The number of imide groups is 1. The maximum absolute atomic E-state index is 14.7. The second kappa shape index (κ2) is 6.50. The maximum Gasteiger partial charge on any atom is 0.262 e. The Kier molecular flexibility index (Phi) is 4.24. The van der Waals surface area contributed by atoms with Crippen LogP contribution in [0.3, 0.4) is 0 Å². The van der Waals surface area contributed by atoms with Gasteiger partial charge in [-0.25, -0.2) is 4.39 Å². The number of carbonyl (C=O) groups is 5. The number of primary amides is 1. The molecular weight excluding hydrogens is 369 g/mol. The molecule has 3 aliphatic rings. The van der Waals surface area contributed by atoms with E-state index in [9.17, 15) is 28.4 Å². The number of piperidine rings is 1. The van der Waals surface area contributed by atoms with Crippen molar-refractivity contribution in [3.8, 4) is 0 Å². The fraction of sp³-hybridized carbons (Fsp3) is 0.421. The molecule has 1 aromatic carbocycles. The highest BCUT2D eigenvalue weighted by atomic mass is 19.1. The molecule has 2 N–H and O–H groups in total. The number of amides is 3. The Morgan fingerprint density at radius 1 is 1.18 bits per heavy atom. The van der Waals surface area contributed by atoms with Crippen molar-refractivity contribution in [2.45, 2.75) is 18.9 Å². The van der Waals surface area contributed by atoms with E-state index in [0.717, 1.165) is 12.4 Å². The van der Waals surface area contributed by atoms with E-state index in [4.69, 9.17) is 5.73 Å². The lowest BCUT2D eigenvalue weighted by Gasteiger charge is -2.22. The standard InChI is InChI=1S/C19H18FN3O5/c20-14-4-9-10(5-16(14)22-6-11-12(7-22)13(11)8-25)19(28)23(18(9)27)15(17(21)26)2-1-3-24/h3-5,8,11-13,15H,1-2,6-7H2,(H2,21,26)/t11-,12+,13+,15?. The number of hydrogen-bond acceptors (Lipinski definition) is 6. The molecule has 1 unspecified atom stereocenters. The third-order valence-corrected chi connectivity index (χ3v) is 5.94. The van der Waals surface area contributed by atoms with E-state index < -0.39 is 29.6 Å². The molecule has 2 heterocycles. The van der Waals surface area contributed by atoms with Crippen LogP contribution >= 0.6 is 0 Å². The van der Waals surface area contributed by atoms with E-state index in [1.54, 1.807) is 4.90 Å². The lowest BCUT2D eigenvalue weighted by molar-refractivity contribution is -0.122. The molecule has 4 rings (SSSR count). The van der Waals surface area contributed by atoms with Gasteiger partial charge in [0.25, 0.3) is 11.8 Å². The fourth-order valence-electron chi connectivity index (χ4n) is 4.39. The van der Waals surface area contributed by atoms with Gasteiger partial charge >= 0.3 is 0 Å². The molecule has 0 radical (unpaired) electrons. The van der Waals surface area contributed by atoms with Gasteiger partial charge in [0.05, 0.1) is 16.8 Å². The maximum atomic E-state index is 14.7. The second-order valence-electron chi connectivity index (χ2n) is 7.44. The molecule has 1 saturated carbocycles. The molecule has 1 saturated heterocycles. The molecule has 4 atom stereocenters. The number of aldehydes is 2. The van der Waals surface area contributed by atoms with Gasteiger partial charge in [-0.15, -0.1) is 0 Å². The summed E-state index contributed by atoms with van der Waals surface area (Å²) in [5.74, 6) is -2.67. The first kappa shape index (κ1) is 18.3. The lowest BCUT2D eigenvalue weighted by Crippen LogP contribution is -2.47. The van der Waals surface area contributed by atoms with Gasteiger partial charge in [-0.05, 0) is 30.4 Å². The molecule has 3 amide bonds. The van der Waals surface area contributed by atoms with Gasteiger partial charge in [-0.3, -0.25) is 19.3 Å². The SMILES string of the molecule is NC(=O)C(CCC=O)N1C(=O)c2cc(F)c(N3C[C@@H]4[C@@H](C=O)[C@@H]4C3)cc2C1=O. The molecule has 0 spiro atoms. The molecule has 1 aromatic rings. The first-order valence-electron chi connectivity index (χ1n) is 9.03. The molecule has 146 valence electrons. The average Bonchev–Trinajstić information content (AvgIpc) is 3.02. The van der Waals surface area contributed by atoms with E-state index in [2.05, 4.69) is 0 Å². The Morgan fingerprint density at radius 3 is 2.32 bits per heavy atom. The third-order valence-electron chi connectivity index (χ3n) is 5.94. The number of nitrogens with two attached hydrogens (primary N) is 1. The Balaban J connectivity index is 1.63. The molecule has 8 nitrogen and oxygen atoms in total. The first-order valence-corrected chi connectivity index (χ1v) is 9.03. The van der Waals surface area contributed by atoms with Gasteiger partial charge in [0.1, 0.15) is 24.4 Å². The number of benzene rings is 1. The Hall–Kier alpha value is -3.10. The van der Waals surface area contributed by atoms with Crippen molar-refractivity contribution in [2.75, 3.05) is 18.0 Å². The zero-order valence-corrected chi connectivity index (χ0v) is 14.8. The van der Waals surface area contributed by atoms with Crippen molar-refractivity contribution in [3.05, 3.63) is 29.1 Å². The molecule has 0 bridgehead atoms. The number of halogens is 1. The Morgan fingerprint density at radius 2 is 1.79 bits per heavy atom. The summed E-state index contributed by atoms with van der Waals surface area (Å²) in [5, 5.41) is 0. The molecule has 2 aliphatic heterocycles. The van der Waals surface area contributed by atoms with Crippen molar-refractivity contribution in [3.63, 3.8) is 0 Å². The molecule has 2 fully saturated rings. The highest BCUT2D eigenvalue weighted by Gasteiger charge is 2.56. The van der Waals surface area contributed by atoms with Crippen molar-refractivity contribution in [1.82, 2.24) is 4.90 Å². The summed E-state index contributed by atoms with van der Waals surface area (Å²) in [6.07, 6.45) is 1.36.